The minimum atomic E-state index is -1.53. The van der Waals surface area contributed by atoms with Crippen LogP contribution in [0.3, 0.4) is 0 Å². The summed E-state index contributed by atoms with van der Waals surface area (Å²) in [5.74, 6) is -0.227. The van der Waals surface area contributed by atoms with Gasteiger partial charge >= 0.3 is 0 Å². The minimum Gasteiger partial charge on any atom is -0.394 e. The van der Waals surface area contributed by atoms with E-state index in [-0.39, 0.29) is 5.91 Å². The summed E-state index contributed by atoms with van der Waals surface area (Å²) < 4.78 is 11.4. The van der Waals surface area contributed by atoms with E-state index in [2.05, 4.69) is 19.2 Å². The fourth-order valence-corrected chi connectivity index (χ4v) is 8.86. The molecule has 0 aromatic carbocycles. The Bertz CT molecular complexity index is 1010. The number of rotatable bonds is 46. The molecule has 1 aliphatic rings. The second kappa shape index (κ2) is 43.5. The molecule has 1 aliphatic heterocycles. The van der Waals surface area contributed by atoms with E-state index in [1.807, 2.05) is 0 Å². The van der Waals surface area contributed by atoms with Crippen LogP contribution < -0.4 is 5.32 Å². The van der Waals surface area contributed by atoms with Crippen molar-refractivity contribution in [3.05, 3.63) is 12.2 Å². The van der Waals surface area contributed by atoms with Crippen LogP contribution >= 0.6 is 0 Å². The molecule has 2 unspecified atom stereocenters. The Balaban J connectivity index is 2.23. The lowest BCUT2D eigenvalue weighted by atomic mass is 9.93. The monoisotopic (exact) mass is 898 g/mol. The van der Waals surface area contributed by atoms with Gasteiger partial charge in [0, 0.05) is 19.6 Å². The normalized spacial score (nSPS) is 20.7. The zero-order valence-corrected chi connectivity index (χ0v) is 41.0. The fraction of sp³-hybridized carbons (Fsp3) is 0.943. The number of aliphatic hydroxyl groups excluding tert-OH is 6. The molecule has 0 aromatic heterocycles. The highest BCUT2D eigenvalue weighted by atomic mass is 16.5. The molecule has 7 N–H and O–H groups in total. The van der Waals surface area contributed by atoms with Gasteiger partial charge in [0.1, 0.15) is 36.6 Å². The second-order valence-electron chi connectivity index (χ2n) is 19.1. The van der Waals surface area contributed by atoms with Crippen LogP contribution in [-0.4, -0.2) is 105 Å². The first-order valence-electron chi connectivity index (χ1n) is 27.0. The zero-order chi connectivity index (χ0) is 46.0. The van der Waals surface area contributed by atoms with Crippen LogP contribution in [0.25, 0.3) is 0 Å². The van der Waals surface area contributed by atoms with Crippen molar-refractivity contribution in [2.24, 2.45) is 0 Å². The Morgan fingerprint density at radius 2 is 0.921 bits per heavy atom. The number of hydrogen-bond donors (Lipinski definition) is 7. The first-order valence-corrected chi connectivity index (χ1v) is 27.0. The van der Waals surface area contributed by atoms with Gasteiger partial charge in [-0.25, -0.2) is 0 Å². The summed E-state index contributed by atoms with van der Waals surface area (Å²) in [7, 11) is 0. The summed E-state index contributed by atoms with van der Waals surface area (Å²) in [4.78, 5) is 13.1. The Kier molecular flexibility index (Phi) is 41.3. The summed E-state index contributed by atoms with van der Waals surface area (Å²) in [6, 6.07) is -0.947. The first-order chi connectivity index (χ1) is 30.8. The number of carbonyl (C=O) groups excluding carboxylic acids is 1. The summed E-state index contributed by atoms with van der Waals surface area (Å²) in [6.07, 6.45) is 38.1. The molecule has 10 heteroatoms. The number of ether oxygens (including phenoxy) is 2. The maximum absolute atomic E-state index is 13.1. The minimum absolute atomic E-state index is 0.227. The average molecular weight is 898 g/mol. The van der Waals surface area contributed by atoms with Crippen molar-refractivity contribution in [2.75, 3.05) is 19.8 Å². The SMILES string of the molecule is CCCCCCCCCCCCCC[C@@H](O)[C@@H](O)[C@H](/C=C/[C@@H]1OC(CO)[C@H](O)[C@H](O)C1O)NC(=O)CCCCCCCCCCCCCCCCCCCOCCCCCCCC. The molecule has 1 rings (SSSR count). The van der Waals surface area contributed by atoms with E-state index >= 15 is 0 Å². The molecule has 1 saturated heterocycles. The molecule has 0 bridgehead atoms. The van der Waals surface area contributed by atoms with E-state index in [0.29, 0.717) is 12.8 Å². The summed E-state index contributed by atoms with van der Waals surface area (Å²) in [5, 5.41) is 65.6. The van der Waals surface area contributed by atoms with Gasteiger partial charge < -0.3 is 45.4 Å². The molecule has 8 atom stereocenters. The molecular weight excluding hydrogens is 795 g/mol. The smallest absolute Gasteiger partial charge is 0.220 e. The standard InChI is InChI=1S/C53H103NO9/c1-3-5-7-9-11-12-13-21-24-27-30-34-38-46(56)50(58)45(40-41-47-51(59)53(61)52(60)48(44-55)63-47)54-49(57)39-35-31-28-25-22-19-17-15-14-16-18-20-23-26-29-33-37-43-62-42-36-32-10-8-6-4-2/h40-41,45-48,50-53,55-56,58-61H,3-39,42-44H2,1-2H3,(H,54,57)/b41-40+/t45-,46+,47-,48?,50-,51?,52-,53+/m0/s1. The van der Waals surface area contributed by atoms with Crippen molar-refractivity contribution in [1.82, 2.24) is 5.32 Å². The quantitative estimate of drug-likeness (QED) is 0.0232. The van der Waals surface area contributed by atoms with E-state index < -0.39 is 55.4 Å². The van der Waals surface area contributed by atoms with Gasteiger partial charge in [-0.15, -0.1) is 0 Å². The van der Waals surface area contributed by atoms with E-state index in [4.69, 9.17) is 9.47 Å². The largest absolute Gasteiger partial charge is 0.394 e. The van der Waals surface area contributed by atoms with Crippen molar-refractivity contribution < 1.29 is 44.9 Å². The van der Waals surface area contributed by atoms with Gasteiger partial charge in [-0.2, -0.15) is 0 Å². The highest BCUT2D eigenvalue weighted by Gasteiger charge is 2.42. The summed E-state index contributed by atoms with van der Waals surface area (Å²) in [6.45, 7) is 5.84. The molecule has 63 heavy (non-hydrogen) atoms. The lowest BCUT2D eigenvalue weighted by molar-refractivity contribution is -0.216. The van der Waals surface area contributed by atoms with Gasteiger partial charge in [-0.3, -0.25) is 4.79 Å². The van der Waals surface area contributed by atoms with Gasteiger partial charge in [0.25, 0.3) is 0 Å². The van der Waals surface area contributed by atoms with Gasteiger partial charge in [-0.05, 0) is 25.7 Å². The maximum atomic E-state index is 13.1. The highest BCUT2D eigenvalue weighted by molar-refractivity contribution is 5.76. The van der Waals surface area contributed by atoms with Crippen molar-refractivity contribution >= 4 is 5.91 Å². The molecule has 0 aliphatic carbocycles. The van der Waals surface area contributed by atoms with Crippen molar-refractivity contribution in [1.29, 1.82) is 0 Å². The van der Waals surface area contributed by atoms with E-state index in [9.17, 15) is 35.4 Å². The van der Waals surface area contributed by atoms with Crippen molar-refractivity contribution in [2.45, 2.75) is 300 Å². The Labute approximate surface area is 387 Å². The van der Waals surface area contributed by atoms with E-state index in [1.165, 1.54) is 198 Å². The number of aliphatic hydroxyl groups is 6. The summed E-state index contributed by atoms with van der Waals surface area (Å²) >= 11 is 0. The third-order valence-electron chi connectivity index (χ3n) is 13.2. The highest BCUT2D eigenvalue weighted by Crippen LogP contribution is 2.23. The van der Waals surface area contributed by atoms with Gasteiger partial charge in [-0.1, -0.05) is 231 Å². The molecule has 0 spiro atoms. The van der Waals surface area contributed by atoms with Crippen molar-refractivity contribution in [3.63, 3.8) is 0 Å². The van der Waals surface area contributed by atoms with E-state index in [0.717, 1.165) is 51.7 Å². The Morgan fingerprint density at radius 3 is 1.33 bits per heavy atom. The fourth-order valence-electron chi connectivity index (χ4n) is 8.86. The molecule has 0 aromatic rings. The number of carbonyl (C=O) groups is 1. The number of amides is 1. The average Bonchev–Trinajstić information content (AvgIpc) is 3.28. The maximum Gasteiger partial charge on any atom is 0.220 e. The third-order valence-corrected chi connectivity index (χ3v) is 13.2. The molecule has 1 fully saturated rings. The molecule has 1 heterocycles. The number of hydrogen-bond acceptors (Lipinski definition) is 9. The first kappa shape index (κ1) is 59.9. The molecule has 1 amide bonds. The summed E-state index contributed by atoms with van der Waals surface area (Å²) in [5.41, 5.74) is 0. The van der Waals surface area contributed by atoms with Crippen LogP contribution in [0.5, 0.6) is 0 Å². The lowest BCUT2D eigenvalue weighted by Crippen LogP contribution is -2.58. The van der Waals surface area contributed by atoms with Gasteiger partial charge in [0.2, 0.25) is 5.91 Å². The van der Waals surface area contributed by atoms with Gasteiger partial charge in [0.05, 0.1) is 18.8 Å². The predicted octanol–water partition coefficient (Wildman–Crippen LogP) is 11.1. The van der Waals surface area contributed by atoms with Crippen LogP contribution in [0.1, 0.15) is 251 Å². The van der Waals surface area contributed by atoms with Crippen LogP contribution in [0.4, 0.5) is 0 Å². The van der Waals surface area contributed by atoms with Gasteiger partial charge in [0.15, 0.2) is 0 Å². The molecule has 10 nitrogen and oxygen atoms in total. The Morgan fingerprint density at radius 1 is 0.540 bits per heavy atom. The number of nitrogens with one attached hydrogen (secondary N) is 1. The second-order valence-corrected chi connectivity index (χ2v) is 19.1. The lowest BCUT2D eigenvalue weighted by Gasteiger charge is -2.39. The van der Waals surface area contributed by atoms with E-state index in [1.54, 1.807) is 0 Å². The van der Waals surface area contributed by atoms with Crippen LogP contribution in [0.15, 0.2) is 12.2 Å². The number of unbranched alkanes of at least 4 members (excludes halogenated alkanes) is 32. The predicted molar refractivity (Wildman–Crippen MR) is 260 cm³/mol. The molecule has 0 saturated carbocycles. The topological polar surface area (TPSA) is 169 Å². The van der Waals surface area contributed by atoms with Crippen LogP contribution in [0.2, 0.25) is 0 Å². The zero-order valence-electron chi connectivity index (χ0n) is 41.0. The molecule has 0 radical (unpaired) electrons. The molecular formula is C53H103NO9. The van der Waals surface area contributed by atoms with Crippen LogP contribution in [-0.2, 0) is 14.3 Å². The third kappa shape index (κ3) is 33.1. The molecule has 374 valence electrons. The van der Waals surface area contributed by atoms with Crippen LogP contribution in [0, 0.1) is 0 Å². The van der Waals surface area contributed by atoms with Crippen molar-refractivity contribution in [3.8, 4) is 0 Å². The Hall–Kier alpha value is -1.11.